The number of aryl methyl sites for hydroxylation is 3. The van der Waals surface area contributed by atoms with Gasteiger partial charge in [-0.3, -0.25) is 4.79 Å². The molecule has 0 radical (unpaired) electrons. The fourth-order valence-electron chi connectivity index (χ4n) is 4.00. The predicted molar refractivity (Wildman–Crippen MR) is 119 cm³/mol. The maximum atomic E-state index is 13.5. The number of benzene rings is 2. The minimum absolute atomic E-state index is 0.115. The molecule has 1 aliphatic heterocycles. The van der Waals surface area contributed by atoms with Crippen LogP contribution in [0.3, 0.4) is 0 Å². The summed E-state index contributed by atoms with van der Waals surface area (Å²) in [7, 11) is 0. The lowest BCUT2D eigenvalue weighted by Gasteiger charge is -2.34. The number of likely N-dealkylation sites (N-methyl/N-ethyl adjacent to an activating group) is 1. The first kappa shape index (κ1) is 19.6. The molecule has 1 fully saturated rings. The van der Waals surface area contributed by atoms with Crippen molar-refractivity contribution in [2.24, 2.45) is 0 Å². The lowest BCUT2D eigenvalue weighted by molar-refractivity contribution is 0.0645. The highest BCUT2D eigenvalue weighted by Gasteiger charge is 2.24. The number of nitrogens with zero attached hydrogens (tertiary/aromatic N) is 3. The molecule has 1 aliphatic rings. The van der Waals surface area contributed by atoms with Gasteiger partial charge < -0.3 is 9.80 Å². The molecule has 1 saturated heterocycles. The van der Waals surface area contributed by atoms with Gasteiger partial charge in [-0.15, -0.1) is 0 Å². The number of carbonyl (C=O) groups is 1. The van der Waals surface area contributed by atoms with E-state index in [-0.39, 0.29) is 5.91 Å². The molecule has 2 heterocycles. The molecule has 0 bridgehead atoms. The number of carbonyl (C=O) groups excluding carboxylic acids is 1. The van der Waals surface area contributed by atoms with Crippen LogP contribution in [0.15, 0.2) is 42.5 Å². The molecule has 3 aromatic rings. The molecule has 0 aliphatic carbocycles. The SMILES string of the molecule is CCN1CCN(C(=O)c2cc(-c3ccc(C)c(C)c3)nc3ccc(C)cc23)CC1. The number of hydrogen-bond donors (Lipinski definition) is 0. The average molecular weight is 388 g/mol. The van der Waals surface area contributed by atoms with E-state index in [1.165, 1.54) is 11.1 Å². The first-order valence-corrected chi connectivity index (χ1v) is 10.5. The van der Waals surface area contributed by atoms with E-state index in [0.29, 0.717) is 0 Å². The van der Waals surface area contributed by atoms with Crippen LogP contribution < -0.4 is 0 Å². The Labute approximate surface area is 173 Å². The molecule has 0 N–H and O–H groups in total. The lowest BCUT2D eigenvalue weighted by Crippen LogP contribution is -2.48. The molecule has 4 nitrogen and oxygen atoms in total. The van der Waals surface area contributed by atoms with Gasteiger partial charge in [0.15, 0.2) is 0 Å². The van der Waals surface area contributed by atoms with E-state index in [4.69, 9.17) is 4.98 Å². The molecule has 2 aromatic carbocycles. The second kappa shape index (κ2) is 7.96. The zero-order valence-corrected chi connectivity index (χ0v) is 17.8. The van der Waals surface area contributed by atoms with Gasteiger partial charge in [0, 0.05) is 37.1 Å². The molecule has 4 rings (SSSR count). The number of fused-ring (bicyclic) bond motifs is 1. The van der Waals surface area contributed by atoms with Crippen molar-refractivity contribution in [2.45, 2.75) is 27.7 Å². The highest BCUT2D eigenvalue weighted by molar-refractivity contribution is 6.07. The van der Waals surface area contributed by atoms with Crippen molar-refractivity contribution >= 4 is 16.8 Å². The predicted octanol–water partition coefficient (Wildman–Crippen LogP) is 4.60. The van der Waals surface area contributed by atoms with Gasteiger partial charge in [-0.1, -0.05) is 30.7 Å². The smallest absolute Gasteiger partial charge is 0.254 e. The van der Waals surface area contributed by atoms with E-state index in [0.717, 1.165) is 66.0 Å². The molecule has 0 unspecified atom stereocenters. The molecule has 29 heavy (non-hydrogen) atoms. The van der Waals surface area contributed by atoms with E-state index in [2.05, 4.69) is 62.9 Å². The van der Waals surface area contributed by atoms with Gasteiger partial charge >= 0.3 is 0 Å². The van der Waals surface area contributed by atoms with Crippen molar-refractivity contribution < 1.29 is 4.79 Å². The first-order chi connectivity index (χ1) is 14.0. The summed E-state index contributed by atoms with van der Waals surface area (Å²) in [6.45, 7) is 12.9. The van der Waals surface area contributed by atoms with Crippen molar-refractivity contribution in [3.63, 3.8) is 0 Å². The topological polar surface area (TPSA) is 36.4 Å². The summed E-state index contributed by atoms with van der Waals surface area (Å²) in [4.78, 5) is 22.8. The third kappa shape index (κ3) is 3.90. The fourth-order valence-corrected chi connectivity index (χ4v) is 4.00. The maximum Gasteiger partial charge on any atom is 0.254 e. The molecular weight excluding hydrogens is 358 g/mol. The summed E-state index contributed by atoms with van der Waals surface area (Å²) in [6, 6.07) is 14.5. The quantitative estimate of drug-likeness (QED) is 0.659. The highest BCUT2D eigenvalue weighted by Crippen LogP contribution is 2.28. The van der Waals surface area contributed by atoms with Gasteiger partial charge in [-0.25, -0.2) is 4.98 Å². The average Bonchev–Trinajstić information content (AvgIpc) is 2.74. The molecule has 1 amide bonds. The maximum absolute atomic E-state index is 13.5. The van der Waals surface area contributed by atoms with E-state index >= 15 is 0 Å². The van der Waals surface area contributed by atoms with Crippen LogP contribution in [0.2, 0.25) is 0 Å². The Kier molecular flexibility index (Phi) is 5.37. The van der Waals surface area contributed by atoms with Crippen LogP contribution in [0.5, 0.6) is 0 Å². The Morgan fingerprint density at radius 3 is 2.38 bits per heavy atom. The number of amides is 1. The van der Waals surface area contributed by atoms with Crippen LogP contribution in [0.1, 0.15) is 34.0 Å². The van der Waals surface area contributed by atoms with Gasteiger partial charge in [0.25, 0.3) is 5.91 Å². The summed E-state index contributed by atoms with van der Waals surface area (Å²) >= 11 is 0. The van der Waals surface area contributed by atoms with Crippen LogP contribution in [0.4, 0.5) is 0 Å². The highest BCUT2D eigenvalue weighted by atomic mass is 16.2. The van der Waals surface area contributed by atoms with Crippen LogP contribution in [-0.2, 0) is 0 Å². The molecule has 0 atom stereocenters. The second-order valence-corrected chi connectivity index (χ2v) is 8.10. The third-order valence-corrected chi connectivity index (χ3v) is 6.10. The minimum atomic E-state index is 0.115. The summed E-state index contributed by atoms with van der Waals surface area (Å²) in [5.41, 5.74) is 7.19. The first-order valence-electron chi connectivity index (χ1n) is 10.5. The number of hydrogen-bond acceptors (Lipinski definition) is 3. The monoisotopic (exact) mass is 387 g/mol. The van der Waals surface area contributed by atoms with Crippen molar-refractivity contribution in [1.82, 2.24) is 14.8 Å². The number of piperazine rings is 1. The van der Waals surface area contributed by atoms with Gasteiger partial charge in [-0.05, 0) is 62.7 Å². The fraction of sp³-hybridized carbons (Fsp3) is 0.360. The Hall–Kier alpha value is -2.72. The Balaban J connectivity index is 1.79. The van der Waals surface area contributed by atoms with E-state index in [9.17, 15) is 4.79 Å². The van der Waals surface area contributed by atoms with Crippen molar-refractivity contribution in [3.8, 4) is 11.3 Å². The van der Waals surface area contributed by atoms with Gasteiger partial charge in [-0.2, -0.15) is 0 Å². The number of rotatable bonds is 3. The normalized spacial score (nSPS) is 15.1. The number of pyridine rings is 1. The van der Waals surface area contributed by atoms with Crippen LogP contribution >= 0.6 is 0 Å². The molecule has 4 heteroatoms. The zero-order chi connectivity index (χ0) is 20.5. The van der Waals surface area contributed by atoms with Gasteiger partial charge in [0.05, 0.1) is 16.8 Å². The van der Waals surface area contributed by atoms with Crippen molar-refractivity contribution in [1.29, 1.82) is 0 Å². The van der Waals surface area contributed by atoms with E-state index in [1.807, 2.05) is 17.0 Å². The Morgan fingerprint density at radius 2 is 1.69 bits per heavy atom. The molecule has 1 aromatic heterocycles. The van der Waals surface area contributed by atoms with Crippen LogP contribution in [0, 0.1) is 20.8 Å². The summed E-state index contributed by atoms with van der Waals surface area (Å²) in [5, 5.41) is 0.945. The number of aromatic nitrogens is 1. The lowest BCUT2D eigenvalue weighted by atomic mass is 9.99. The van der Waals surface area contributed by atoms with Gasteiger partial charge in [0.2, 0.25) is 0 Å². The van der Waals surface area contributed by atoms with Crippen LogP contribution in [0.25, 0.3) is 22.2 Å². The second-order valence-electron chi connectivity index (χ2n) is 8.10. The standard InChI is InChI=1S/C25H29N3O/c1-5-27-10-12-28(13-11-27)25(29)22-16-24(20-8-7-18(3)19(4)15-20)26-23-9-6-17(2)14-21(22)23/h6-9,14-16H,5,10-13H2,1-4H3. The summed E-state index contributed by atoms with van der Waals surface area (Å²) in [6.07, 6.45) is 0. The minimum Gasteiger partial charge on any atom is -0.336 e. The van der Waals surface area contributed by atoms with E-state index < -0.39 is 0 Å². The van der Waals surface area contributed by atoms with Gasteiger partial charge in [0.1, 0.15) is 0 Å². The molecule has 0 saturated carbocycles. The Bertz CT molecular complexity index is 1070. The zero-order valence-electron chi connectivity index (χ0n) is 17.8. The van der Waals surface area contributed by atoms with E-state index in [1.54, 1.807) is 0 Å². The third-order valence-electron chi connectivity index (χ3n) is 6.10. The molecular formula is C25H29N3O. The molecule has 150 valence electrons. The van der Waals surface area contributed by atoms with Crippen molar-refractivity contribution in [3.05, 3.63) is 64.7 Å². The summed E-state index contributed by atoms with van der Waals surface area (Å²) in [5.74, 6) is 0.115. The Morgan fingerprint density at radius 1 is 0.931 bits per heavy atom. The largest absolute Gasteiger partial charge is 0.336 e. The van der Waals surface area contributed by atoms with Crippen molar-refractivity contribution in [2.75, 3.05) is 32.7 Å². The summed E-state index contributed by atoms with van der Waals surface area (Å²) < 4.78 is 0. The van der Waals surface area contributed by atoms with Crippen LogP contribution in [-0.4, -0.2) is 53.4 Å². The molecule has 0 spiro atoms.